The molecule has 0 saturated carbocycles. The molecule has 1 aromatic heterocycles. The number of nitrogens with zero attached hydrogens (tertiary/aromatic N) is 1. The molecule has 0 amide bonds. The van der Waals surface area contributed by atoms with Gasteiger partial charge in [0.15, 0.2) is 0 Å². The number of hydrogen-bond donors (Lipinski definition) is 2. The fraction of sp³-hybridized carbons (Fsp3) is 0.276. The zero-order valence-electron chi connectivity index (χ0n) is 22.4. The van der Waals surface area contributed by atoms with E-state index in [1.165, 1.54) is 12.1 Å². The number of aliphatic carboxylic acids is 1. The molecular weight excluding hydrogens is 518 g/mol. The summed E-state index contributed by atoms with van der Waals surface area (Å²) in [7, 11) is -3.94. The smallest absolute Gasteiger partial charge is 0.269 e. The number of nitro benzene ring substituents is 1. The molecule has 0 fully saturated rings. The number of hydrogen-bond acceptors (Lipinski definition) is 6. The molecule has 9 nitrogen and oxygen atoms in total. The minimum absolute atomic E-state index is 0.0399. The van der Waals surface area contributed by atoms with E-state index in [0.29, 0.717) is 5.56 Å². The minimum atomic E-state index is -3.94. The Labute approximate surface area is 227 Å². The van der Waals surface area contributed by atoms with E-state index in [0.717, 1.165) is 51.0 Å². The van der Waals surface area contributed by atoms with Crippen molar-refractivity contribution < 1.29 is 23.2 Å². The van der Waals surface area contributed by atoms with E-state index in [1.54, 1.807) is 19.9 Å². The number of sulfonamides is 1. The Hall–Kier alpha value is -4.02. The SMILES string of the molecule is Cc1cc(C)cc(-c2[nH]c3ccc(C(C)(C)C(=O)[O-])cc3c2[C@H](C)CNS(=O)(=O)c2ccc([N+](=O)[O-])cc2)c1. The van der Waals surface area contributed by atoms with Crippen LogP contribution in [0.4, 0.5) is 5.69 Å². The van der Waals surface area contributed by atoms with Crippen LogP contribution in [0.5, 0.6) is 0 Å². The molecule has 39 heavy (non-hydrogen) atoms. The summed E-state index contributed by atoms with van der Waals surface area (Å²) in [6.45, 7) is 9.11. The second-order valence-corrected chi connectivity index (χ2v) is 12.2. The first kappa shape index (κ1) is 28.0. The molecule has 4 aromatic rings. The Morgan fingerprint density at radius 2 is 1.64 bits per heavy atom. The van der Waals surface area contributed by atoms with Gasteiger partial charge in [-0.05, 0) is 72.9 Å². The summed E-state index contributed by atoms with van der Waals surface area (Å²) in [5.41, 5.74) is 4.67. The highest BCUT2D eigenvalue weighted by Crippen LogP contribution is 2.38. The minimum Gasteiger partial charge on any atom is -0.549 e. The van der Waals surface area contributed by atoms with Gasteiger partial charge in [-0.2, -0.15) is 0 Å². The number of aromatic nitrogens is 1. The number of nitrogens with one attached hydrogen (secondary N) is 2. The quantitative estimate of drug-likeness (QED) is 0.233. The van der Waals surface area contributed by atoms with Crippen LogP contribution in [0.3, 0.4) is 0 Å². The van der Waals surface area contributed by atoms with Gasteiger partial charge in [0.1, 0.15) is 0 Å². The fourth-order valence-electron chi connectivity index (χ4n) is 4.75. The van der Waals surface area contributed by atoms with E-state index in [-0.39, 0.29) is 23.0 Å². The van der Waals surface area contributed by atoms with Crippen molar-refractivity contribution in [1.29, 1.82) is 0 Å². The number of fused-ring (bicyclic) bond motifs is 1. The molecule has 0 aliphatic heterocycles. The number of rotatable bonds is 9. The van der Waals surface area contributed by atoms with Crippen molar-refractivity contribution >= 4 is 32.6 Å². The molecule has 0 unspecified atom stereocenters. The summed E-state index contributed by atoms with van der Waals surface area (Å²) in [5, 5.41) is 23.6. The topological polar surface area (TPSA) is 145 Å². The van der Waals surface area contributed by atoms with Crippen molar-refractivity contribution in [3.8, 4) is 11.3 Å². The molecule has 10 heteroatoms. The summed E-state index contributed by atoms with van der Waals surface area (Å²) in [6.07, 6.45) is 0. The second-order valence-electron chi connectivity index (χ2n) is 10.5. The Kier molecular flexibility index (Phi) is 7.38. The van der Waals surface area contributed by atoms with Gasteiger partial charge in [0.2, 0.25) is 10.0 Å². The molecular formula is C29H30N3O6S-. The first-order valence-corrected chi connectivity index (χ1v) is 13.9. The van der Waals surface area contributed by atoms with Crippen LogP contribution in [0.25, 0.3) is 22.2 Å². The van der Waals surface area contributed by atoms with E-state index >= 15 is 0 Å². The van der Waals surface area contributed by atoms with E-state index in [1.807, 2.05) is 45.0 Å². The Balaban J connectivity index is 1.78. The van der Waals surface area contributed by atoms with E-state index in [2.05, 4.69) is 15.8 Å². The molecule has 0 radical (unpaired) electrons. The molecule has 0 aliphatic carbocycles. The second kappa shape index (κ2) is 10.3. The molecule has 0 spiro atoms. The van der Waals surface area contributed by atoms with Crippen LogP contribution < -0.4 is 9.83 Å². The lowest BCUT2D eigenvalue weighted by Gasteiger charge is -2.26. The van der Waals surface area contributed by atoms with E-state index in [9.17, 15) is 28.4 Å². The standard InChI is InChI=1S/C29H31N3O6S/c1-17-12-18(2)14-20(13-17)27-26(24-15-21(6-11-25(24)31-27)29(4,5)28(33)34)19(3)16-30-39(37,38)23-9-7-22(8-10-23)32(35)36/h6-15,19,30-31H,16H2,1-5H3,(H,33,34)/p-1/t19-/m1/s1. The van der Waals surface area contributed by atoms with Crippen molar-refractivity contribution in [3.05, 3.63) is 93.0 Å². The maximum absolute atomic E-state index is 13.0. The predicted molar refractivity (Wildman–Crippen MR) is 148 cm³/mol. The lowest BCUT2D eigenvalue weighted by molar-refractivity contribution is -0.384. The van der Waals surface area contributed by atoms with Gasteiger partial charge in [-0.25, -0.2) is 13.1 Å². The monoisotopic (exact) mass is 548 g/mol. The van der Waals surface area contributed by atoms with Gasteiger partial charge in [-0.15, -0.1) is 0 Å². The van der Waals surface area contributed by atoms with Crippen LogP contribution in [0.15, 0.2) is 65.6 Å². The Bertz CT molecular complexity index is 1670. The third-order valence-corrected chi connectivity index (χ3v) is 8.45. The summed E-state index contributed by atoms with van der Waals surface area (Å²) in [4.78, 5) is 25.6. The molecule has 204 valence electrons. The molecule has 1 atom stereocenters. The highest BCUT2D eigenvalue weighted by Gasteiger charge is 2.26. The number of carboxylic acid groups (broad SMARTS) is 1. The average molecular weight is 549 g/mol. The van der Waals surface area contributed by atoms with E-state index in [4.69, 9.17) is 0 Å². The molecule has 4 rings (SSSR count). The number of aromatic amines is 1. The molecule has 0 bridgehead atoms. The van der Waals surface area contributed by atoms with Crippen molar-refractivity contribution in [1.82, 2.24) is 9.71 Å². The normalized spacial score (nSPS) is 12.9. The van der Waals surface area contributed by atoms with Crippen LogP contribution in [-0.4, -0.2) is 30.8 Å². The molecule has 3 aromatic carbocycles. The zero-order chi connectivity index (χ0) is 28.7. The highest BCUT2D eigenvalue weighted by atomic mass is 32.2. The zero-order valence-corrected chi connectivity index (χ0v) is 23.2. The van der Waals surface area contributed by atoms with Gasteiger partial charge in [0.05, 0.1) is 21.5 Å². The summed E-state index contributed by atoms with van der Waals surface area (Å²) >= 11 is 0. The van der Waals surface area contributed by atoms with Gasteiger partial charge in [-0.3, -0.25) is 10.1 Å². The number of H-pyrrole nitrogens is 1. The number of carboxylic acids is 1. The number of nitro groups is 1. The van der Waals surface area contributed by atoms with Gasteiger partial charge in [0, 0.05) is 35.0 Å². The largest absolute Gasteiger partial charge is 0.549 e. The number of carbonyl (C=O) groups excluding carboxylic acids is 1. The number of aryl methyl sites for hydroxylation is 2. The lowest BCUT2D eigenvalue weighted by atomic mass is 9.83. The highest BCUT2D eigenvalue weighted by molar-refractivity contribution is 7.89. The van der Waals surface area contributed by atoms with E-state index < -0.39 is 26.3 Å². The lowest BCUT2D eigenvalue weighted by Crippen LogP contribution is -2.41. The first-order chi connectivity index (χ1) is 18.2. The number of benzene rings is 3. The molecule has 1 heterocycles. The Morgan fingerprint density at radius 1 is 1.03 bits per heavy atom. The average Bonchev–Trinajstić information content (AvgIpc) is 3.26. The van der Waals surface area contributed by atoms with Crippen molar-refractivity contribution in [2.75, 3.05) is 6.54 Å². The predicted octanol–water partition coefficient (Wildman–Crippen LogP) is 4.47. The van der Waals surface area contributed by atoms with Crippen LogP contribution in [0.2, 0.25) is 0 Å². The maximum atomic E-state index is 13.0. The van der Waals surface area contributed by atoms with Gasteiger partial charge >= 0.3 is 0 Å². The van der Waals surface area contributed by atoms with Crippen LogP contribution in [0, 0.1) is 24.0 Å². The van der Waals surface area contributed by atoms with Gasteiger partial charge < -0.3 is 14.9 Å². The summed E-state index contributed by atoms with van der Waals surface area (Å²) < 4.78 is 28.6. The first-order valence-electron chi connectivity index (χ1n) is 12.4. The molecule has 2 N–H and O–H groups in total. The van der Waals surface area contributed by atoms with Crippen LogP contribution in [-0.2, 0) is 20.2 Å². The van der Waals surface area contributed by atoms with Crippen molar-refractivity contribution in [3.63, 3.8) is 0 Å². The van der Waals surface area contributed by atoms with Crippen LogP contribution >= 0.6 is 0 Å². The molecule has 0 saturated heterocycles. The van der Waals surface area contributed by atoms with Gasteiger partial charge in [-0.1, -0.05) is 44.0 Å². The Morgan fingerprint density at radius 3 is 2.21 bits per heavy atom. The number of carbonyl (C=O) groups is 1. The number of non-ortho nitro benzene ring substituents is 1. The third kappa shape index (κ3) is 5.57. The summed E-state index contributed by atoms with van der Waals surface area (Å²) in [6, 6.07) is 16.3. The fourth-order valence-corrected chi connectivity index (χ4v) is 5.88. The van der Waals surface area contributed by atoms with Crippen LogP contribution in [0.1, 0.15) is 48.9 Å². The summed E-state index contributed by atoms with van der Waals surface area (Å²) in [5.74, 6) is -1.53. The van der Waals surface area contributed by atoms with Crippen molar-refractivity contribution in [2.24, 2.45) is 0 Å². The molecule has 0 aliphatic rings. The third-order valence-electron chi connectivity index (χ3n) is 7.01. The van der Waals surface area contributed by atoms with Crippen molar-refractivity contribution in [2.45, 2.75) is 50.8 Å². The van der Waals surface area contributed by atoms with Gasteiger partial charge in [0.25, 0.3) is 5.69 Å². The maximum Gasteiger partial charge on any atom is 0.269 e.